The van der Waals surface area contributed by atoms with Crippen LogP contribution in [0.1, 0.15) is 27.9 Å². The fourth-order valence-electron chi connectivity index (χ4n) is 2.78. The molecule has 0 radical (unpaired) electrons. The van der Waals surface area contributed by atoms with Crippen LogP contribution >= 0.6 is 0 Å². The van der Waals surface area contributed by atoms with Crippen molar-refractivity contribution in [3.8, 4) is 17.2 Å². The molecule has 0 saturated carbocycles. The molecular weight excluding hydrogens is 336 g/mol. The molecule has 1 aliphatic rings. The molecule has 0 unspecified atom stereocenters. The highest BCUT2D eigenvalue weighted by Gasteiger charge is 2.15. The molecule has 0 saturated heterocycles. The summed E-state index contributed by atoms with van der Waals surface area (Å²) in [5.74, 6) is 0.729. The lowest BCUT2D eigenvalue weighted by Crippen LogP contribution is -2.10. The summed E-state index contributed by atoms with van der Waals surface area (Å²) in [6.45, 7) is 2.61. The zero-order valence-corrected chi connectivity index (χ0v) is 14.5. The van der Waals surface area contributed by atoms with Crippen LogP contribution in [0.2, 0.25) is 0 Å². The lowest BCUT2D eigenvalue weighted by Gasteiger charge is -2.11. The number of carbonyl (C=O) groups is 2. The molecule has 6 nitrogen and oxygen atoms in total. The number of Topliss-reactive ketones (excluding diaryl/α,β-unsaturated/α-hetero) is 1. The molecule has 0 atom stereocenters. The first-order valence-corrected chi connectivity index (χ1v) is 8.40. The zero-order valence-electron chi connectivity index (χ0n) is 14.5. The SMILES string of the molecule is Cc1cc(OCC(=O)O)ccc1C(=O)Cc1ccc2c(c1)OCCCO2. The van der Waals surface area contributed by atoms with E-state index in [1.807, 2.05) is 18.2 Å². The molecule has 1 heterocycles. The number of aryl methyl sites for hydroxylation is 1. The van der Waals surface area contributed by atoms with Crippen molar-refractivity contribution < 1.29 is 28.9 Å². The van der Waals surface area contributed by atoms with E-state index >= 15 is 0 Å². The van der Waals surface area contributed by atoms with Crippen molar-refractivity contribution in [2.75, 3.05) is 19.8 Å². The molecule has 136 valence electrons. The Bertz CT molecular complexity index is 827. The molecule has 6 heteroatoms. The molecule has 26 heavy (non-hydrogen) atoms. The van der Waals surface area contributed by atoms with Gasteiger partial charge in [-0.3, -0.25) is 4.79 Å². The van der Waals surface area contributed by atoms with E-state index in [1.54, 1.807) is 25.1 Å². The normalized spacial score (nSPS) is 13.0. The number of carbonyl (C=O) groups excluding carboxylic acids is 1. The molecule has 0 bridgehead atoms. The topological polar surface area (TPSA) is 82.1 Å². The van der Waals surface area contributed by atoms with Crippen LogP contribution in [0.5, 0.6) is 17.2 Å². The quantitative estimate of drug-likeness (QED) is 0.801. The summed E-state index contributed by atoms with van der Waals surface area (Å²) in [7, 11) is 0. The van der Waals surface area contributed by atoms with E-state index in [1.165, 1.54) is 0 Å². The van der Waals surface area contributed by atoms with Gasteiger partial charge in [0.1, 0.15) is 5.75 Å². The molecular formula is C20H20O6. The van der Waals surface area contributed by atoms with Crippen LogP contribution in [0.15, 0.2) is 36.4 Å². The molecule has 0 aromatic heterocycles. The van der Waals surface area contributed by atoms with Crippen molar-refractivity contribution in [2.24, 2.45) is 0 Å². The van der Waals surface area contributed by atoms with Gasteiger partial charge in [-0.05, 0) is 48.4 Å². The van der Waals surface area contributed by atoms with Gasteiger partial charge in [-0.25, -0.2) is 4.79 Å². The van der Waals surface area contributed by atoms with Gasteiger partial charge in [-0.15, -0.1) is 0 Å². The van der Waals surface area contributed by atoms with E-state index < -0.39 is 12.6 Å². The second-order valence-electron chi connectivity index (χ2n) is 6.09. The van der Waals surface area contributed by atoms with Gasteiger partial charge in [-0.2, -0.15) is 0 Å². The third-order valence-corrected chi connectivity index (χ3v) is 4.04. The number of rotatable bonds is 6. The summed E-state index contributed by atoms with van der Waals surface area (Å²) in [6.07, 6.45) is 1.07. The van der Waals surface area contributed by atoms with Crippen molar-refractivity contribution in [3.63, 3.8) is 0 Å². The van der Waals surface area contributed by atoms with Crippen molar-refractivity contribution in [3.05, 3.63) is 53.1 Å². The van der Waals surface area contributed by atoms with Gasteiger partial charge in [-0.1, -0.05) is 6.07 Å². The second kappa shape index (κ2) is 7.91. The number of fused-ring (bicyclic) bond motifs is 1. The molecule has 1 aliphatic heterocycles. The van der Waals surface area contributed by atoms with Crippen LogP contribution in [0.3, 0.4) is 0 Å². The number of ether oxygens (including phenoxy) is 3. The molecule has 0 aliphatic carbocycles. The summed E-state index contributed by atoms with van der Waals surface area (Å²) < 4.78 is 16.4. The molecule has 2 aromatic carbocycles. The van der Waals surface area contributed by atoms with Crippen LogP contribution in [0.25, 0.3) is 0 Å². The Balaban J connectivity index is 1.71. The van der Waals surface area contributed by atoms with Crippen molar-refractivity contribution in [2.45, 2.75) is 19.8 Å². The number of aliphatic carboxylic acids is 1. The predicted octanol–water partition coefficient (Wildman–Crippen LogP) is 3.05. The number of hydrogen-bond donors (Lipinski definition) is 1. The van der Waals surface area contributed by atoms with Gasteiger partial charge >= 0.3 is 5.97 Å². The van der Waals surface area contributed by atoms with Crippen molar-refractivity contribution >= 4 is 11.8 Å². The maximum atomic E-state index is 12.6. The van der Waals surface area contributed by atoms with Crippen molar-refractivity contribution in [1.29, 1.82) is 0 Å². The smallest absolute Gasteiger partial charge is 0.341 e. The largest absolute Gasteiger partial charge is 0.490 e. The Labute approximate surface area is 151 Å². The third kappa shape index (κ3) is 4.33. The van der Waals surface area contributed by atoms with Crippen LogP contribution in [0, 0.1) is 6.92 Å². The summed E-state index contributed by atoms with van der Waals surface area (Å²) in [5, 5.41) is 8.65. The predicted molar refractivity (Wildman–Crippen MR) is 94.4 cm³/mol. The van der Waals surface area contributed by atoms with Crippen LogP contribution < -0.4 is 14.2 Å². The average Bonchev–Trinajstić information content (AvgIpc) is 2.84. The third-order valence-electron chi connectivity index (χ3n) is 4.04. The Morgan fingerprint density at radius 3 is 2.58 bits per heavy atom. The minimum Gasteiger partial charge on any atom is -0.490 e. The average molecular weight is 356 g/mol. The van der Waals surface area contributed by atoms with Gasteiger partial charge in [0.15, 0.2) is 23.9 Å². The molecule has 0 fully saturated rings. The molecule has 0 amide bonds. The Hall–Kier alpha value is -3.02. The summed E-state index contributed by atoms with van der Waals surface area (Å²) in [6, 6.07) is 10.5. The summed E-state index contributed by atoms with van der Waals surface area (Å²) >= 11 is 0. The van der Waals surface area contributed by atoms with E-state index in [2.05, 4.69) is 0 Å². The van der Waals surface area contributed by atoms with Crippen molar-refractivity contribution in [1.82, 2.24) is 0 Å². The molecule has 3 rings (SSSR count). The van der Waals surface area contributed by atoms with E-state index in [4.69, 9.17) is 19.3 Å². The summed E-state index contributed by atoms with van der Waals surface area (Å²) in [4.78, 5) is 23.2. The van der Waals surface area contributed by atoms with Crippen LogP contribution in [-0.4, -0.2) is 36.7 Å². The highest BCUT2D eigenvalue weighted by Crippen LogP contribution is 2.31. The minimum absolute atomic E-state index is 0.0261. The lowest BCUT2D eigenvalue weighted by molar-refractivity contribution is -0.139. The molecule has 0 spiro atoms. The number of benzene rings is 2. The van der Waals surface area contributed by atoms with Gasteiger partial charge in [0.05, 0.1) is 13.2 Å². The fourth-order valence-corrected chi connectivity index (χ4v) is 2.78. The van der Waals surface area contributed by atoms with Crippen LogP contribution in [-0.2, 0) is 11.2 Å². The van der Waals surface area contributed by atoms with Crippen LogP contribution in [0.4, 0.5) is 0 Å². The van der Waals surface area contributed by atoms with Gasteiger partial charge in [0, 0.05) is 18.4 Å². The number of ketones is 1. The molecule has 1 N–H and O–H groups in total. The summed E-state index contributed by atoms with van der Waals surface area (Å²) in [5.41, 5.74) is 2.18. The second-order valence-corrected chi connectivity index (χ2v) is 6.09. The Morgan fingerprint density at radius 2 is 1.85 bits per heavy atom. The van der Waals surface area contributed by atoms with Gasteiger partial charge in [0.2, 0.25) is 0 Å². The Kier molecular flexibility index (Phi) is 5.41. The highest BCUT2D eigenvalue weighted by molar-refractivity contribution is 5.99. The monoisotopic (exact) mass is 356 g/mol. The lowest BCUT2D eigenvalue weighted by atomic mass is 9.99. The Morgan fingerprint density at radius 1 is 1.08 bits per heavy atom. The first-order chi connectivity index (χ1) is 12.5. The minimum atomic E-state index is -1.04. The van der Waals surface area contributed by atoms with Gasteiger partial charge in [0.25, 0.3) is 0 Å². The maximum absolute atomic E-state index is 12.6. The number of carboxylic acid groups (broad SMARTS) is 1. The van der Waals surface area contributed by atoms with E-state index in [0.717, 1.165) is 17.5 Å². The fraction of sp³-hybridized carbons (Fsp3) is 0.300. The highest BCUT2D eigenvalue weighted by atomic mass is 16.5. The number of hydrogen-bond acceptors (Lipinski definition) is 5. The first-order valence-electron chi connectivity index (χ1n) is 8.40. The van der Waals surface area contributed by atoms with Gasteiger partial charge < -0.3 is 19.3 Å². The van der Waals surface area contributed by atoms with E-state index in [-0.39, 0.29) is 12.2 Å². The van der Waals surface area contributed by atoms with E-state index in [0.29, 0.717) is 36.0 Å². The number of carboxylic acids is 1. The standard InChI is InChI=1S/C20H20O6/c1-13-9-15(26-12-20(22)23)4-5-16(13)17(21)10-14-3-6-18-19(11-14)25-8-2-7-24-18/h3-6,9,11H,2,7-8,10,12H2,1H3,(H,22,23). The van der Waals surface area contributed by atoms with E-state index in [9.17, 15) is 9.59 Å². The maximum Gasteiger partial charge on any atom is 0.341 e. The molecule has 2 aromatic rings. The zero-order chi connectivity index (χ0) is 18.5. The first kappa shape index (κ1) is 17.8.